The normalized spacial score (nSPS) is 13.6. The molecule has 0 saturated carbocycles. The predicted octanol–water partition coefficient (Wildman–Crippen LogP) is 3.35. The van der Waals surface area contributed by atoms with Gasteiger partial charge in [-0.3, -0.25) is 4.57 Å². The van der Waals surface area contributed by atoms with Crippen LogP contribution in [-0.2, 0) is 15.6 Å². The first-order chi connectivity index (χ1) is 16.3. The minimum absolute atomic E-state index is 0.115. The van der Waals surface area contributed by atoms with Gasteiger partial charge in [0.2, 0.25) is 5.82 Å². The van der Waals surface area contributed by atoms with Crippen LogP contribution in [0.25, 0.3) is 17.3 Å². The second-order valence-electron chi connectivity index (χ2n) is 7.57. The lowest BCUT2D eigenvalue weighted by molar-refractivity contribution is 0.172. The van der Waals surface area contributed by atoms with Crippen molar-refractivity contribution in [1.82, 2.24) is 19.7 Å². The van der Waals surface area contributed by atoms with Crippen molar-refractivity contribution in [2.75, 3.05) is 14.2 Å². The number of thiazole rings is 1. The molecule has 4 aromatic rings. The molecule has 0 saturated heterocycles. The number of nitrogens with zero attached hydrogens (tertiary/aromatic N) is 4. The van der Waals surface area contributed by atoms with E-state index in [1.54, 1.807) is 52.7 Å². The van der Waals surface area contributed by atoms with Crippen LogP contribution < -0.4 is 9.47 Å². The van der Waals surface area contributed by atoms with E-state index in [1.807, 2.05) is 0 Å². The number of methoxy groups -OCH3 is 2. The number of aliphatic hydroxyl groups is 1. The summed E-state index contributed by atoms with van der Waals surface area (Å²) in [5, 5.41) is 19.5. The van der Waals surface area contributed by atoms with E-state index in [4.69, 9.17) is 13.9 Å². The molecular weight excluding hydrogens is 480 g/mol. The number of aliphatic hydroxyl groups excluding tert-OH is 1. The Morgan fingerprint density at radius 2 is 1.85 bits per heavy atom. The zero-order chi connectivity index (χ0) is 24.5. The molecule has 0 radical (unpaired) electrons. The largest absolute Gasteiger partial charge is 0.494 e. The number of furan rings is 1. The Labute approximate surface area is 200 Å². The minimum Gasteiger partial charge on any atom is -0.494 e. The molecule has 180 valence electrons. The van der Waals surface area contributed by atoms with Crippen LogP contribution in [0.3, 0.4) is 0 Å². The van der Waals surface area contributed by atoms with E-state index < -0.39 is 26.9 Å². The smallest absolute Gasteiger partial charge is 0.204 e. The molecule has 34 heavy (non-hydrogen) atoms. The second-order valence-corrected chi connectivity index (χ2v) is 10.6. The van der Waals surface area contributed by atoms with Crippen LogP contribution in [0.5, 0.6) is 11.5 Å². The van der Waals surface area contributed by atoms with Gasteiger partial charge in [0, 0.05) is 5.38 Å². The number of aryl methyl sites for hydroxylation is 1. The van der Waals surface area contributed by atoms with Gasteiger partial charge in [-0.25, -0.2) is 13.4 Å². The molecule has 0 aliphatic heterocycles. The molecule has 1 N–H and O–H groups in total. The van der Waals surface area contributed by atoms with E-state index in [0.29, 0.717) is 34.4 Å². The van der Waals surface area contributed by atoms with E-state index >= 15 is 0 Å². The van der Waals surface area contributed by atoms with Gasteiger partial charge in [-0.2, -0.15) is 0 Å². The number of hydrogen-bond acceptors (Lipinski definition) is 10. The Kier molecular flexibility index (Phi) is 6.73. The van der Waals surface area contributed by atoms with Crippen LogP contribution >= 0.6 is 11.3 Å². The van der Waals surface area contributed by atoms with Crippen LogP contribution in [0.15, 0.2) is 45.6 Å². The highest BCUT2D eigenvalue weighted by molar-refractivity contribution is 7.91. The van der Waals surface area contributed by atoms with Crippen molar-refractivity contribution in [2.24, 2.45) is 0 Å². The van der Waals surface area contributed by atoms with E-state index in [0.717, 1.165) is 0 Å². The van der Waals surface area contributed by atoms with Gasteiger partial charge in [-0.05, 0) is 38.1 Å². The van der Waals surface area contributed by atoms with Crippen LogP contribution in [-0.4, -0.2) is 52.7 Å². The highest BCUT2D eigenvalue weighted by atomic mass is 32.2. The maximum atomic E-state index is 13.3. The molecule has 0 amide bonds. The third kappa shape index (κ3) is 4.43. The molecule has 4 rings (SSSR count). The van der Waals surface area contributed by atoms with Crippen LogP contribution in [0, 0.1) is 6.92 Å². The Balaban J connectivity index is 1.84. The number of benzene rings is 1. The van der Waals surface area contributed by atoms with Crippen molar-refractivity contribution < 1.29 is 27.4 Å². The topological polar surface area (TPSA) is 130 Å². The van der Waals surface area contributed by atoms with Crippen molar-refractivity contribution in [2.45, 2.75) is 31.0 Å². The van der Waals surface area contributed by atoms with Crippen LogP contribution in [0.2, 0.25) is 0 Å². The lowest BCUT2D eigenvalue weighted by Crippen LogP contribution is -2.28. The maximum Gasteiger partial charge on any atom is 0.204 e. The number of ether oxygens (including phenoxy) is 2. The van der Waals surface area contributed by atoms with E-state index in [9.17, 15) is 13.5 Å². The van der Waals surface area contributed by atoms with Crippen molar-refractivity contribution in [3.05, 3.63) is 58.5 Å². The van der Waals surface area contributed by atoms with Crippen molar-refractivity contribution >= 4 is 21.2 Å². The van der Waals surface area contributed by atoms with Gasteiger partial charge in [-0.15, -0.1) is 21.5 Å². The van der Waals surface area contributed by atoms with Gasteiger partial charge in [-0.1, -0.05) is 6.07 Å². The third-order valence-electron chi connectivity index (χ3n) is 5.41. The standard InChI is InChI=1S/C22H24N4O6S2/c1-13-8-9-18(32-13)22-25-24-19(26(22)20-16(30-3)6-5-7-17(20)31-4)11-34(28,29)14(2)21(27)15-10-33-12-23-15/h5-10,12,14,21,27H,11H2,1-4H3/t14-,21-/m1/s1. The number of rotatable bonds is 9. The number of aromatic nitrogens is 4. The fourth-order valence-corrected chi connectivity index (χ4v) is 5.45. The average Bonchev–Trinajstić information content (AvgIpc) is 3.58. The fraction of sp³-hybridized carbons (Fsp3) is 0.318. The molecule has 0 unspecified atom stereocenters. The first-order valence-corrected chi connectivity index (χ1v) is 12.9. The average molecular weight is 505 g/mol. The van der Waals surface area contributed by atoms with Gasteiger partial charge >= 0.3 is 0 Å². The Bertz CT molecular complexity index is 1360. The molecule has 0 spiro atoms. The maximum absolute atomic E-state index is 13.3. The molecule has 0 aliphatic rings. The summed E-state index contributed by atoms with van der Waals surface area (Å²) >= 11 is 1.28. The molecule has 12 heteroatoms. The Hall–Kier alpha value is -3.22. The van der Waals surface area contributed by atoms with Gasteiger partial charge < -0.3 is 19.0 Å². The van der Waals surface area contributed by atoms with E-state index in [2.05, 4.69) is 15.2 Å². The molecule has 0 aliphatic carbocycles. The van der Waals surface area contributed by atoms with E-state index in [1.165, 1.54) is 32.5 Å². The molecular formula is C22H24N4O6S2. The number of para-hydroxylation sites is 1. The molecule has 3 heterocycles. The fourth-order valence-electron chi connectivity index (χ4n) is 3.53. The van der Waals surface area contributed by atoms with Gasteiger partial charge in [0.1, 0.15) is 34.8 Å². The monoisotopic (exact) mass is 504 g/mol. The Morgan fingerprint density at radius 3 is 2.41 bits per heavy atom. The summed E-state index contributed by atoms with van der Waals surface area (Å²) in [5.41, 5.74) is 2.28. The predicted molar refractivity (Wildman–Crippen MR) is 126 cm³/mol. The SMILES string of the molecule is COc1cccc(OC)c1-n1c(CS(=O)(=O)[C@H](C)[C@@H](O)c2cscn2)nnc1-c1ccc(C)o1. The zero-order valence-electron chi connectivity index (χ0n) is 19.0. The second kappa shape index (κ2) is 9.57. The Morgan fingerprint density at radius 1 is 1.15 bits per heavy atom. The zero-order valence-corrected chi connectivity index (χ0v) is 20.6. The summed E-state index contributed by atoms with van der Waals surface area (Å²) in [6.45, 7) is 3.24. The highest BCUT2D eigenvalue weighted by Crippen LogP contribution is 2.37. The first-order valence-electron chi connectivity index (χ1n) is 10.3. The van der Waals surface area contributed by atoms with Gasteiger partial charge in [0.25, 0.3) is 0 Å². The quantitative estimate of drug-likeness (QED) is 0.365. The molecule has 1 aromatic carbocycles. The van der Waals surface area contributed by atoms with Crippen LogP contribution in [0.1, 0.15) is 30.3 Å². The molecule has 2 atom stereocenters. The summed E-state index contributed by atoms with van der Waals surface area (Å²) < 4.78 is 45.0. The summed E-state index contributed by atoms with van der Waals surface area (Å²) in [7, 11) is -0.889. The molecule has 0 fully saturated rings. The van der Waals surface area contributed by atoms with Gasteiger partial charge in [0.05, 0.1) is 30.7 Å². The van der Waals surface area contributed by atoms with Crippen LogP contribution in [0.4, 0.5) is 0 Å². The lowest BCUT2D eigenvalue weighted by atomic mass is 10.2. The van der Waals surface area contributed by atoms with Crippen molar-refractivity contribution in [3.8, 4) is 28.8 Å². The summed E-state index contributed by atoms with van der Waals surface area (Å²) in [6, 6.07) is 8.70. The molecule has 10 nitrogen and oxygen atoms in total. The molecule has 0 bridgehead atoms. The summed E-state index contributed by atoms with van der Waals surface area (Å²) in [4.78, 5) is 4.04. The first kappa shape index (κ1) is 23.9. The summed E-state index contributed by atoms with van der Waals surface area (Å²) in [5.74, 6) is 1.82. The number of hydrogen-bond donors (Lipinski definition) is 1. The van der Waals surface area contributed by atoms with Crippen molar-refractivity contribution in [3.63, 3.8) is 0 Å². The van der Waals surface area contributed by atoms with Crippen molar-refractivity contribution in [1.29, 1.82) is 0 Å². The third-order valence-corrected chi connectivity index (χ3v) is 8.07. The van der Waals surface area contributed by atoms with Gasteiger partial charge in [0.15, 0.2) is 21.4 Å². The molecule has 3 aromatic heterocycles. The lowest BCUT2D eigenvalue weighted by Gasteiger charge is -2.19. The number of sulfone groups is 1. The summed E-state index contributed by atoms with van der Waals surface area (Å²) in [6.07, 6.45) is -1.28. The van der Waals surface area contributed by atoms with E-state index in [-0.39, 0.29) is 11.6 Å². The minimum atomic E-state index is -3.89. The highest BCUT2D eigenvalue weighted by Gasteiger charge is 2.34.